The summed E-state index contributed by atoms with van der Waals surface area (Å²) in [6, 6.07) is 8.28. The minimum absolute atomic E-state index is 0.0257. The SMILES string of the molecule is CC(=O)N1CCc2ccc(Nc3cc(NC4CC4)n4ncc(C=C5CC(=O)NC5=O)c4n3)cc21. The molecule has 3 aliphatic rings. The van der Waals surface area contributed by atoms with Crippen molar-refractivity contribution in [2.75, 3.05) is 22.1 Å². The van der Waals surface area contributed by atoms with Crippen LogP contribution in [0.5, 0.6) is 0 Å². The lowest BCUT2D eigenvalue weighted by molar-refractivity contribution is -0.124. The number of carbonyl (C=O) groups is 3. The molecule has 1 saturated carbocycles. The van der Waals surface area contributed by atoms with Crippen LogP contribution in [0.4, 0.5) is 23.0 Å². The standard InChI is InChI=1S/C24H23N7O3/c1-13(32)30-7-6-14-2-3-18(10-19(14)30)26-20-11-21(27-17-4-5-17)31-23(28-20)16(12-25-31)8-15-9-22(33)29-24(15)34/h2-3,8,10-12,17,27H,4-7,9H2,1H3,(H,26,28)(H,29,33,34). The highest BCUT2D eigenvalue weighted by Crippen LogP contribution is 2.33. The first-order valence-electron chi connectivity index (χ1n) is 11.3. The van der Waals surface area contributed by atoms with Crippen molar-refractivity contribution in [2.45, 2.75) is 38.6 Å². The molecule has 0 spiro atoms. The van der Waals surface area contributed by atoms with E-state index in [0.717, 1.165) is 42.0 Å². The van der Waals surface area contributed by atoms with Crippen LogP contribution in [0, 0.1) is 0 Å². The second-order valence-corrected chi connectivity index (χ2v) is 8.89. The summed E-state index contributed by atoms with van der Waals surface area (Å²) >= 11 is 0. The summed E-state index contributed by atoms with van der Waals surface area (Å²) in [4.78, 5) is 42.2. The maximum absolute atomic E-state index is 12.0. The number of imide groups is 1. The Morgan fingerprint density at radius 2 is 2.09 bits per heavy atom. The molecule has 0 bridgehead atoms. The van der Waals surface area contributed by atoms with Gasteiger partial charge in [-0.2, -0.15) is 9.61 Å². The Bertz CT molecular complexity index is 1400. The first-order valence-corrected chi connectivity index (χ1v) is 11.3. The molecule has 0 atom stereocenters. The van der Waals surface area contributed by atoms with Crippen molar-refractivity contribution in [1.29, 1.82) is 0 Å². The molecule has 2 aromatic heterocycles. The summed E-state index contributed by atoms with van der Waals surface area (Å²) in [6.45, 7) is 2.27. The monoisotopic (exact) mass is 457 g/mol. The molecule has 2 aliphatic heterocycles. The van der Waals surface area contributed by atoms with Crippen LogP contribution in [0.3, 0.4) is 0 Å². The smallest absolute Gasteiger partial charge is 0.254 e. The van der Waals surface area contributed by atoms with E-state index >= 15 is 0 Å². The topological polar surface area (TPSA) is 121 Å². The Labute approximate surface area is 195 Å². The van der Waals surface area contributed by atoms with Crippen LogP contribution < -0.4 is 20.9 Å². The summed E-state index contributed by atoms with van der Waals surface area (Å²) in [5.41, 5.74) is 4.50. The number of hydrogen-bond acceptors (Lipinski definition) is 7. The first-order chi connectivity index (χ1) is 16.4. The van der Waals surface area contributed by atoms with Gasteiger partial charge in [0.1, 0.15) is 11.6 Å². The third-order valence-corrected chi connectivity index (χ3v) is 6.29. The van der Waals surface area contributed by atoms with Crippen LogP contribution in [-0.4, -0.2) is 44.9 Å². The molecule has 6 rings (SSSR count). The summed E-state index contributed by atoms with van der Waals surface area (Å²) < 4.78 is 1.71. The van der Waals surface area contributed by atoms with Crippen molar-refractivity contribution in [3.8, 4) is 0 Å². The van der Waals surface area contributed by atoms with Crippen LogP contribution in [0.2, 0.25) is 0 Å². The maximum atomic E-state index is 12.0. The van der Waals surface area contributed by atoms with Crippen LogP contribution >= 0.6 is 0 Å². The molecule has 34 heavy (non-hydrogen) atoms. The van der Waals surface area contributed by atoms with Gasteiger partial charge in [-0.05, 0) is 43.0 Å². The lowest BCUT2D eigenvalue weighted by Crippen LogP contribution is -2.25. The van der Waals surface area contributed by atoms with E-state index in [1.54, 1.807) is 28.6 Å². The lowest BCUT2D eigenvalue weighted by atomic mass is 10.1. The molecular weight excluding hydrogens is 434 g/mol. The molecule has 0 unspecified atom stereocenters. The zero-order chi connectivity index (χ0) is 23.4. The quantitative estimate of drug-likeness (QED) is 0.397. The van der Waals surface area contributed by atoms with Crippen LogP contribution in [0.15, 0.2) is 36.0 Å². The highest BCUT2D eigenvalue weighted by atomic mass is 16.2. The Hall–Kier alpha value is -4.21. The molecule has 0 radical (unpaired) electrons. The van der Waals surface area contributed by atoms with Gasteiger partial charge < -0.3 is 15.5 Å². The van der Waals surface area contributed by atoms with Gasteiger partial charge in [-0.15, -0.1) is 0 Å². The maximum Gasteiger partial charge on any atom is 0.254 e. The van der Waals surface area contributed by atoms with Crippen molar-refractivity contribution in [1.82, 2.24) is 19.9 Å². The first kappa shape index (κ1) is 20.4. The van der Waals surface area contributed by atoms with E-state index in [4.69, 9.17) is 4.98 Å². The number of carbonyl (C=O) groups excluding carboxylic acids is 3. The van der Waals surface area contributed by atoms with Gasteiger partial charge in [-0.1, -0.05) is 6.07 Å². The van der Waals surface area contributed by atoms with Gasteiger partial charge in [-0.3, -0.25) is 19.7 Å². The molecular formula is C24H23N7O3. The van der Waals surface area contributed by atoms with Gasteiger partial charge in [0.25, 0.3) is 5.91 Å². The Morgan fingerprint density at radius 3 is 2.82 bits per heavy atom. The molecule has 10 heteroatoms. The number of rotatable bonds is 5. The Morgan fingerprint density at radius 1 is 1.24 bits per heavy atom. The summed E-state index contributed by atoms with van der Waals surface area (Å²) in [5, 5.41) is 13.6. The molecule has 1 aromatic carbocycles. The molecule has 172 valence electrons. The molecule has 1 aliphatic carbocycles. The number of aromatic nitrogens is 3. The fraction of sp³-hybridized carbons (Fsp3) is 0.292. The van der Waals surface area contributed by atoms with E-state index in [2.05, 4.69) is 21.0 Å². The van der Waals surface area contributed by atoms with Crippen molar-refractivity contribution >= 4 is 52.5 Å². The summed E-state index contributed by atoms with van der Waals surface area (Å²) in [6.07, 6.45) is 6.40. The number of benzene rings is 1. The molecule has 4 heterocycles. The van der Waals surface area contributed by atoms with E-state index in [1.807, 2.05) is 24.3 Å². The van der Waals surface area contributed by atoms with Crippen molar-refractivity contribution in [3.05, 3.63) is 47.2 Å². The van der Waals surface area contributed by atoms with E-state index in [9.17, 15) is 14.4 Å². The fourth-order valence-electron chi connectivity index (χ4n) is 4.43. The fourth-order valence-corrected chi connectivity index (χ4v) is 4.43. The number of nitrogens with one attached hydrogen (secondary N) is 3. The molecule has 3 aromatic rings. The average Bonchev–Trinajstić information content (AvgIpc) is 3.21. The predicted octanol–water partition coefficient (Wildman–Crippen LogP) is 2.39. The van der Waals surface area contributed by atoms with Gasteiger partial charge in [-0.25, -0.2) is 4.98 Å². The van der Waals surface area contributed by atoms with Crippen molar-refractivity contribution in [2.24, 2.45) is 0 Å². The molecule has 2 fully saturated rings. The van der Waals surface area contributed by atoms with Gasteiger partial charge >= 0.3 is 0 Å². The number of amides is 3. The highest BCUT2D eigenvalue weighted by Gasteiger charge is 2.26. The van der Waals surface area contributed by atoms with Gasteiger partial charge in [0.15, 0.2) is 5.65 Å². The van der Waals surface area contributed by atoms with E-state index < -0.39 is 0 Å². The van der Waals surface area contributed by atoms with E-state index in [-0.39, 0.29) is 24.1 Å². The van der Waals surface area contributed by atoms with E-state index in [1.165, 1.54) is 0 Å². The normalized spacial score (nSPS) is 18.5. The summed E-state index contributed by atoms with van der Waals surface area (Å²) in [5.74, 6) is 0.726. The predicted molar refractivity (Wildman–Crippen MR) is 127 cm³/mol. The highest BCUT2D eigenvalue weighted by molar-refractivity contribution is 6.15. The zero-order valence-corrected chi connectivity index (χ0v) is 18.6. The van der Waals surface area contributed by atoms with Gasteiger partial charge in [0.05, 0.1) is 12.6 Å². The molecule has 3 amide bonds. The second kappa shape index (κ2) is 7.68. The number of fused-ring (bicyclic) bond motifs is 2. The third-order valence-electron chi connectivity index (χ3n) is 6.29. The largest absolute Gasteiger partial charge is 0.367 e. The van der Waals surface area contributed by atoms with E-state index in [0.29, 0.717) is 35.2 Å². The van der Waals surface area contributed by atoms with Crippen LogP contribution in [0.25, 0.3) is 11.7 Å². The van der Waals surface area contributed by atoms with Crippen LogP contribution in [-0.2, 0) is 20.8 Å². The lowest BCUT2D eigenvalue weighted by Gasteiger charge is -2.16. The minimum Gasteiger partial charge on any atom is -0.367 e. The Balaban J connectivity index is 1.39. The summed E-state index contributed by atoms with van der Waals surface area (Å²) in [7, 11) is 0. The number of nitrogens with zero attached hydrogens (tertiary/aromatic N) is 4. The number of hydrogen-bond donors (Lipinski definition) is 3. The van der Waals surface area contributed by atoms with Crippen molar-refractivity contribution in [3.63, 3.8) is 0 Å². The zero-order valence-electron chi connectivity index (χ0n) is 18.6. The molecule has 1 saturated heterocycles. The van der Waals surface area contributed by atoms with Gasteiger partial charge in [0.2, 0.25) is 11.8 Å². The van der Waals surface area contributed by atoms with Crippen molar-refractivity contribution < 1.29 is 14.4 Å². The average molecular weight is 457 g/mol. The van der Waals surface area contributed by atoms with Crippen LogP contribution in [0.1, 0.15) is 37.3 Å². The minimum atomic E-state index is -0.386. The third kappa shape index (κ3) is 3.66. The van der Waals surface area contributed by atoms with Gasteiger partial charge in [0, 0.05) is 48.1 Å². The number of anilines is 4. The molecule has 10 nitrogen and oxygen atoms in total. The molecule has 3 N–H and O–H groups in total. The second-order valence-electron chi connectivity index (χ2n) is 8.89. The Kier molecular flexibility index (Phi) is 4.61.